The van der Waals surface area contributed by atoms with Crippen LogP contribution in [0.15, 0.2) is 48.5 Å². The van der Waals surface area contributed by atoms with Crippen molar-refractivity contribution in [3.8, 4) is 0 Å². The van der Waals surface area contributed by atoms with Gasteiger partial charge in [0.15, 0.2) is 0 Å². The maximum Gasteiger partial charge on any atom is 0.255 e. The van der Waals surface area contributed by atoms with Crippen molar-refractivity contribution in [3.05, 3.63) is 59.7 Å². The van der Waals surface area contributed by atoms with Crippen LogP contribution in [0.2, 0.25) is 0 Å². The maximum atomic E-state index is 12.0. The largest absolute Gasteiger partial charge is 0.399 e. The van der Waals surface area contributed by atoms with Crippen molar-refractivity contribution < 1.29 is 4.79 Å². The van der Waals surface area contributed by atoms with Crippen LogP contribution in [0.5, 0.6) is 0 Å². The zero-order valence-corrected chi connectivity index (χ0v) is 9.60. The highest BCUT2D eigenvalue weighted by Gasteiger charge is 2.06. The highest BCUT2D eigenvalue weighted by atomic mass is 16.1. The molecule has 0 saturated carbocycles. The summed E-state index contributed by atoms with van der Waals surface area (Å²) in [5.74, 6) is -0.147. The maximum absolute atomic E-state index is 12.0. The molecule has 0 saturated heterocycles. The van der Waals surface area contributed by atoms with Crippen LogP contribution in [-0.2, 0) is 0 Å². The monoisotopic (exact) mass is 226 g/mol. The summed E-state index contributed by atoms with van der Waals surface area (Å²) in [6, 6.07) is 14.6. The van der Waals surface area contributed by atoms with E-state index < -0.39 is 0 Å². The fourth-order valence-electron chi connectivity index (χ4n) is 1.59. The summed E-state index contributed by atoms with van der Waals surface area (Å²) in [6.45, 7) is 1.95. The van der Waals surface area contributed by atoms with Crippen LogP contribution < -0.4 is 11.1 Å². The third kappa shape index (κ3) is 2.64. The van der Waals surface area contributed by atoms with Crippen molar-refractivity contribution in [2.45, 2.75) is 6.92 Å². The summed E-state index contributed by atoms with van der Waals surface area (Å²) in [7, 11) is 0. The third-order valence-corrected chi connectivity index (χ3v) is 2.54. The van der Waals surface area contributed by atoms with Crippen molar-refractivity contribution in [2.75, 3.05) is 11.1 Å². The third-order valence-electron chi connectivity index (χ3n) is 2.54. The molecule has 2 aromatic rings. The molecule has 0 aliphatic heterocycles. The first-order chi connectivity index (χ1) is 8.16. The van der Waals surface area contributed by atoms with E-state index in [1.807, 2.05) is 31.2 Å². The van der Waals surface area contributed by atoms with E-state index in [2.05, 4.69) is 5.32 Å². The molecule has 2 rings (SSSR count). The highest BCUT2D eigenvalue weighted by Crippen LogP contribution is 2.15. The minimum absolute atomic E-state index is 0.147. The fourth-order valence-corrected chi connectivity index (χ4v) is 1.59. The van der Waals surface area contributed by atoms with Crippen LogP contribution in [0.4, 0.5) is 11.4 Å². The predicted molar refractivity (Wildman–Crippen MR) is 70.0 cm³/mol. The molecule has 3 nitrogen and oxygen atoms in total. The van der Waals surface area contributed by atoms with Gasteiger partial charge in [0, 0.05) is 16.9 Å². The average molecular weight is 226 g/mol. The van der Waals surface area contributed by atoms with Crippen LogP contribution in [0, 0.1) is 6.92 Å². The molecule has 0 fully saturated rings. The van der Waals surface area contributed by atoms with Gasteiger partial charge in [-0.05, 0) is 36.8 Å². The van der Waals surface area contributed by atoms with Gasteiger partial charge in [0.25, 0.3) is 5.91 Å². The SMILES string of the molecule is Cc1ccccc1NC(=O)c1cccc(N)c1. The second-order valence-corrected chi connectivity index (χ2v) is 3.89. The normalized spacial score (nSPS) is 9.94. The first kappa shape index (κ1) is 11.2. The Morgan fingerprint density at radius 2 is 1.88 bits per heavy atom. The summed E-state index contributed by atoms with van der Waals surface area (Å²) in [4.78, 5) is 12.0. The predicted octanol–water partition coefficient (Wildman–Crippen LogP) is 2.83. The van der Waals surface area contributed by atoms with Gasteiger partial charge in [-0.15, -0.1) is 0 Å². The van der Waals surface area contributed by atoms with Crippen molar-refractivity contribution in [1.29, 1.82) is 0 Å². The Hall–Kier alpha value is -2.29. The molecule has 86 valence electrons. The minimum atomic E-state index is -0.147. The van der Waals surface area contributed by atoms with Gasteiger partial charge in [0.05, 0.1) is 0 Å². The zero-order valence-electron chi connectivity index (χ0n) is 9.60. The number of nitrogens with one attached hydrogen (secondary N) is 1. The molecule has 1 amide bonds. The van der Waals surface area contributed by atoms with E-state index >= 15 is 0 Å². The lowest BCUT2D eigenvalue weighted by Crippen LogP contribution is -2.12. The number of amides is 1. The van der Waals surface area contributed by atoms with Gasteiger partial charge in [-0.1, -0.05) is 24.3 Å². The molecule has 3 heteroatoms. The zero-order chi connectivity index (χ0) is 12.3. The van der Waals surface area contributed by atoms with Crippen LogP contribution in [-0.4, -0.2) is 5.91 Å². The molecule has 17 heavy (non-hydrogen) atoms. The van der Waals surface area contributed by atoms with Gasteiger partial charge in [-0.2, -0.15) is 0 Å². The number of nitrogen functional groups attached to an aromatic ring is 1. The summed E-state index contributed by atoms with van der Waals surface area (Å²) in [5.41, 5.74) is 8.64. The number of para-hydroxylation sites is 1. The fraction of sp³-hybridized carbons (Fsp3) is 0.0714. The highest BCUT2D eigenvalue weighted by molar-refractivity contribution is 6.05. The number of nitrogens with two attached hydrogens (primary N) is 1. The van der Waals surface area contributed by atoms with Gasteiger partial charge in [-0.25, -0.2) is 0 Å². The lowest BCUT2D eigenvalue weighted by molar-refractivity contribution is 0.102. The second kappa shape index (κ2) is 4.70. The molecule has 0 heterocycles. The lowest BCUT2D eigenvalue weighted by atomic mass is 10.1. The Morgan fingerprint density at radius 1 is 1.12 bits per heavy atom. The Bertz CT molecular complexity index is 549. The Balaban J connectivity index is 2.20. The number of carbonyl (C=O) groups excluding carboxylic acids is 1. The molecule has 0 radical (unpaired) electrons. The molecule has 3 N–H and O–H groups in total. The van der Waals surface area contributed by atoms with E-state index in [4.69, 9.17) is 5.73 Å². The van der Waals surface area contributed by atoms with Crippen LogP contribution in [0.3, 0.4) is 0 Å². The molecule has 0 aromatic heterocycles. The summed E-state index contributed by atoms with van der Waals surface area (Å²) >= 11 is 0. The number of aryl methyl sites for hydroxylation is 1. The number of rotatable bonds is 2. The summed E-state index contributed by atoms with van der Waals surface area (Å²) in [6.07, 6.45) is 0. The second-order valence-electron chi connectivity index (χ2n) is 3.89. The molecule has 0 aliphatic rings. The van der Waals surface area contributed by atoms with E-state index in [1.54, 1.807) is 24.3 Å². The van der Waals surface area contributed by atoms with E-state index in [-0.39, 0.29) is 5.91 Å². The van der Waals surface area contributed by atoms with Crippen molar-refractivity contribution >= 4 is 17.3 Å². The Morgan fingerprint density at radius 3 is 2.59 bits per heavy atom. The van der Waals surface area contributed by atoms with Gasteiger partial charge in [-0.3, -0.25) is 4.79 Å². The quantitative estimate of drug-likeness (QED) is 0.773. The van der Waals surface area contributed by atoms with Gasteiger partial charge in [0.1, 0.15) is 0 Å². The number of benzene rings is 2. The van der Waals surface area contributed by atoms with Crippen LogP contribution in [0.25, 0.3) is 0 Å². The van der Waals surface area contributed by atoms with Gasteiger partial charge < -0.3 is 11.1 Å². The molecule has 0 unspecified atom stereocenters. The topological polar surface area (TPSA) is 55.1 Å². The standard InChI is InChI=1S/C14H14N2O/c1-10-5-2-3-8-13(10)16-14(17)11-6-4-7-12(15)9-11/h2-9H,15H2,1H3,(H,16,17). The molecule has 0 bridgehead atoms. The number of hydrogen-bond donors (Lipinski definition) is 2. The molecular weight excluding hydrogens is 212 g/mol. The Labute approximate surface area is 100 Å². The van der Waals surface area contributed by atoms with E-state index in [0.717, 1.165) is 11.3 Å². The number of carbonyl (C=O) groups is 1. The van der Waals surface area contributed by atoms with E-state index in [0.29, 0.717) is 11.3 Å². The number of anilines is 2. The molecule has 0 spiro atoms. The summed E-state index contributed by atoms with van der Waals surface area (Å²) < 4.78 is 0. The van der Waals surface area contributed by atoms with Gasteiger partial charge in [0.2, 0.25) is 0 Å². The van der Waals surface area contributed by atoms with Crippen molar-refractivity contribution in [3.63, 3.8) is 0 Å². The van der Waals surface area contributed by atoms with Crippen molar-refractivity contribution in [2.24, 2.45) is 0 Å². The molecule has 0 aliphatic carbocycles. The van der Waals surface area contributed by atoms with Crippen LogP contribution in [0.1, 0.15) is 15.9 Å². The molecular formula is C14H14N2O. The number of hydrogen-bond acceptors (Lipinski definition) is 2. The first-order valence-corrected chi connectivity index (χ1v) is 5.39. The van der Waals surface area contributed by atoms with E-state index in [1.165, 1.54) is 0 Å². The smallest absolute Gasteiger partial charge is 0.255 e. The average Bonchev–Trinajstić information content (AvgIpc) is 2.32. The van der Waals surface area contributed by atoms with Crippen LogP contribution >= 0.6 is 0 Å². The first-order valence-electron chi connectivity index (χ1n) is 5.39. The molecule has 2 aromatic carbocycles. The summed E-state index contributed by atoms with van der Waals surface area (Å²) in [5, 5.41) is 2.86. The van der Waals surface area contributed by atoms with Gasteiger partial charge >= 0.3 is 0 Å². The minimum Gasteiger partial charge on any atom is -0.399 e. The van der Waals surface area contributed by atoms with E-state index in [9.17, 15) is 4.79 Å². The molecule has 0 atom stereocenters. The Kier molecular flexibility index (Phi) is 3.10. The lowest BCUT2D eigenvalue weighted by Gasteiger charge is -2.08. The van der Waals surface area contributed by atoms with Crippen molar-refractivity contribution in [1.82, 2.24) is 0 Å².